The summed E-state index contributed by atoms with van der Waals surface area (Å²) in [5.74, 6) is 1.14. The first kappa shape index (κ1) is 10.9. The van der Waals surface area contributed by atoms with Gasteiger partial charge < -0.3 is 0 Å². The van der Waals surface area contributed by atoms with Gasteiger partial charge in [0.1, 0.15) is 0 Å². The molecule has 0 aliphatic heterocycles. The monoisotopic (exact) mass is 257 g/mol. The quantitative estimate of drug-likeness (QED) is 0.707. The summed E-state index contributed by atoms with van der Waals surface area (Å²) in [6.07, 6.45) is 1.68. The molecule has 0 unspecified atom stereocenters. The van der Waals surface area contributed by atoms with Crippen molar-refractivity contribution in [3.8, 4) is 17.2 Å². The molecule has 1 aromatic carbocycles. The average Bonchev–Trinajstić information content (AvgIpc) is 2.89. The van der Waals surface area contributed by atoms with E-state index in [2.05, 4.69) is 20.4 Å². The Kier molecular flexibility index (Phi) is 2.74. The summed E-state index contributed by atoms with van der Waals surface area (Å²) in [4.78, 5) is 5.53. The van der Waals surface area contributed by atoms with E-state index in [-0.39, 0.29) is 0 Å². The molecule has 0 saturated heterocycles. The second-order valence-electron chi connectivity index (χ2n) is 3.60. The third-order valence-corrected chi connectivity index (χ3v) is 2.59. The first-order valence-corrected chi connectivity index (χ1v) is 5.68. The topological polar surface area (TPSA) is 56.5 Å². The SMILES string of the molecule is Clc1cccc(-c2nnn(-c3ccccn3)n2)c1. The molecule has 0 radical (unpaired) electrons. The molecule has 0 aliphatic carbocycles. The number of benzene rings is 1. The summed E-state index contributed by atoms with van der Waals surface area (Å²) in [6.45, 7) is 0. The Morgan fingerprint density at radius 3 is 2.78 bits per heavy atom. The number of nitrogens with zero attached hydrogens (tertiary/aromatic N) is 5. The van der Waals surface area contributed by atoms with Gasteiger partial charge in [-0.15, -0.1) is 15.0 Å². The molecule has 3 aromatic rings. The lowest BCUT2D eigenvalue weighted by Crippen LogP contribution is -2.00. The molecule has 0 fully saturated rings. The van der Waals surface area contributed by atoms with Gasteiger partial charge in [-0.3, -0.25) is 0 Å². The number of pyridine rings is 1. The summed E-state index contributed by atoms with van der Waals surface area (Å²) >= 11 is 5.92. The minimum atomic E-state index is 0.517. The Hall–Kier alpha value is -2.27. The minimum Gasteiger partial charge on any atom is -0.236 e. The van der Waals surface area contributed by atoms with Crippen LogP contribution in [0.5, 0.6) is 0 Å². The first-order chi connectivity index (χ1) is 8.83. The van der Waals surface area contributed by atoms with Crippen LogP contribution in [-0.4, -0.2) is 25.2 Å². The van der Waals surface area contributed by atoms with Crippen molar-refractivity contribution in [1.82, 2.24) is 25.2 Å². The van der Waals surface area contributed by atoms with Gasteiger partial charge in [0.25, 0.3) is 0 Å². The van der Waals surface area contributed by atoms with Crippen molar-refractivity contribution in [1.29, 1.82) is 0 Å². The van der Waals surface area contributed by atoms with E-state index in [0.717, 1.165) is 5.56 Å². The van der Waals surface area contributed by atoms with Gasteiger partial charge in [-0.25, -0.2) is 4.98 Å². The molecular weight excluding hydrogens is 250 g/mol. The highest BCUT2D eigenvalue weighted by Crippen LogP contribution is 2.18. The summed E-state index contributed by atoms with van der Waals surface area (Å²) in [7, 11) is 0. The van der Waals surface area contributed by atoms with Crippen LogP contribution in [0.2, 0.25) is 5.02 Å². The Labute approximate surface area is 108 Å². The Balaban J connectivity index is 2.00. The van der Waals surface area contributed by atoms with Gasteiger partial charge >= 0.3 is 0 Å². The summed E-state index contributed by atoms with van der Waals surface area (Å²) in [5, 5.41) is 12.9. The van der Waals surface area contributed by atoms with Gasteiger partial charge in [0, 0.05) is 16.8 Å². The standard InChI is InChI=1S/C12H8ClN5/c13-10-5-3-4-9(8-10)12-15-17-18(16-12)11-6-1-2-7-14-11/h1-8H. The van der Waals surface area contributed by atoms with Crippen LogP contribution >= 0.6 is 11.6 Å². The minimum absolute atomic E-state index is 0.517. The normalized spacial score (nSPS) is 10.5. The molecule has 0 saturated carbocycles. The van der Waals surface area contributed by atoms with Crippen molar-refractivity contribution >= 4 is 11.6 Å². The van der Waals surface area contributed by atoms with E-state index in [9.17, 15) is 0 Å². The molecule has 5 nitrogen and oxygen atoms in total. The summed E-state index contributed by atoms with van der Waals surface area (Å²) in [6, 6.07) is 12.8. The second kappa shape index (κ2) is 4.54. The molecule has 2 heterocycles. The van der Waals surface area contributed by atoms with Crippen molar-refractivity contribution in [3.63, 3.8) is 0 Å². The molecule has 0 spiro atoms. The largest absolute Gasteiger partial charge is 0.236 e. The third kappa shape index (κ3) is 2.08. The van der Waals surface area contributed by atoms with Crippen molar-refractivity contribution in [2.45, 2.75) is 0 Å². The van der Waals surface area contributed by atoms with Gasteiger partial charge in [-0.2, -0.15) is 0 Å². The molecule has 0 N–H and O–H groups in total. The number of hydrogen-bond acceptors (Lipinski definition) is 4. The van der Waals surface area contributed by atoms with Crippen molar-refractivity contribution < 1.29 is 0 Å². The summed E-state index contributed by atoms with van der Waals surface area (Å²) in [5.41, 5.74) is 0.824. The van der Waals surface area contributed by atoms with E-state index < -0.39 is 0 Å². The third-order valence-electron chi connectivity index (χ3n) is 2.35. The van der Waals surface area contributed by atoms with E-state index in [1.807, 2.05) is 30.3 Å². The molecule has 18 heavy (non-hydrogen) atoms. The van der Waals surface area contributed by atoms with Crippen LogP contribution in [0.3, 0.4) is 0 Å². The molecule has 0 bridgehead atoms. The molecule has 0 aliphatic rings. The number of hydrogen-bond donors (Lipinski definition) is 0. The Morgan fingerprint density at radius 1 is 1.06 bits per heavy atom. The van der Waals surface area contributed by atoms with Crippen LogP contribution in [0.15, 0.2) is 48.7 Å². The fraction of sp³-hybridized carbons (Fsp3) is 0. The zero-order chi connectivity index (χ0) is 12.4. The van der Waals surface area contributed by atoms with E-state index in [0.29, 0.717) is 16.7 Å². The van der Waals surface area contributed by atoms with E-state index in [4.69, 9.17) is 11.6 Å². The fourth-order valence-corrected chi connectivity index (χ4v) is 1.72. The van der Waals surface area contributed by atoms with Gasteiger partial charge in [0.2, 0.25) is 5.82 Å². The Bertz CT molecular complexity index is 665. The van der Waals surface area contributed by atoms with Crippen LogP contribution in [0, 0.1) is 0 Å². The molecule has 0 amide bonds. The predicted octanol–water partition coefficient (Wildman–Crippen LogP) is 2.38. The maximum absolute atomic E-state index is 5.92. The number of rotatable bonds is 2. The van der Waals surface area contributed by atoms with Gasteiger partial charge in [0.05, 0.1) is 0 Å². The maximum atomic E-state index is 5.92. The molecule has 88 valence electrons. The maximum Gasteiger partial charge on any atom is 0.205 e. The highest BCUT2D eigenvalue weighted by atomic mass is 35.5. The zero-order valence-electron chi connectivity index (χ0n) is 9.23. The fourth-order valence-electron chi connectivity index (χ4n) is 1.53. The number of halogens is 1. The molecular formula is C12H8ClN5. The smallest absolute Gasteiger partial charge is 0.205 e. The lowest BCUT2D eigenvalue weighted by molar-refractivity contribution is 0.701. The predicted molar refractivity (Wildman–Crippen MR) is 67.4 cm³/mol. The lowest BCUT2D eigenvalue weighted by Gasteiger charge is -1.95. The molecule has 3 rings (SSSR count). The molecule has 6 heteroatoms. The van der Waals surface area contributed by atoms with Crippen LogP contribution < -0.4 is 0 Å². The van der Waals surface area contributed by atoms with Crippen LogP contribution in [0.25, 0.3) is 17.2 Å². The van der Waals surface area contributed by atoms with Crippen LogP contribution in [-0.2, 0) is 0 Å². The van der Waals surface area contributed by atoms with Crippen molar-refractivity contribution in [3.05, 3.63) is 53.7 Å². The van der Waals surface area contributed by atoms with E-state index in [1.54, 1.807) is 18.3 Å². The van der Waals surface area contributed by atoms with Gasteiger partial charge in [-0.1, -0.05) is 29.8 Å². The highest BCUT2D eigenvalue weighted by Gasteiger charge is 2.07. The van der Waals surface area contributed by atoms with E-state index in [1.165, 1.54) is 4.80 Å². The lowest BCUT2D eigenvalue weighted by atomic mass is 10.2. The van der Waals surface area contributed by atoms with Crippen LogP contribution in [0.4, 0.5) is 0 Å². The van der Waals surface area contributed by atoms with Crippen molar-refractivity contribution in [2.24, 2.45) is 0 Å². The van der Waals surface area contributed by atoms with Crippen LogP contribution in [0.1, 0.15) is 0 Å². The average molecular weight is 258 g/mol. The summed E-state index contributed by atoms with van der Waals surface area (Å²) < 4.78 is 0. The highest BCUT2D eigenvalue weighted by molar-refractivity contribution is 6.30. The van der Waals surface area contributed by atoms with Gasteiger partial charge in [0.15, 0.2) is 5.82 Å². The molecule has 2 aromatic heterocycles. The van der Waals surface area contributed by atoms with E-state index >= 15 is 0 Å². The molecule has 0 atom stereocenters. The zero-order valence-corrected chi connectivity index (χ0v) is 9.99. The first-order valence-electron chi connectivity index (χ1n) is 5.30. The van der Waals surface area contributed by atoms with Gasteiger partial charge in [-0.05, 0) is 29.5 Å². The number of aromatic nitrogens is 5. The van der Waals surface area contributed by atoms with Crippen molar-refractivity contribution in [2.75, 3.05) is 0 Å². The second-order valence-corrected chi connectivity index (χ2v) is 4.04. The Morgan fingerprint density at radius 2 is 2.00 bits per heavy atom. The number of tetrazole rings is 1.